The second-order valence-corrected chi connectivity index (χ2v) is 5.38. The first kappa shape index (κ1) is 15.9. The Balaban J connectivity index is 3.90. The van der Waals surface area contributed by atoms with Crippen LogP contribution in [0.5, 0.6) is 0 Å². The Labute approximate surface area is 103 Å². The van der Waals surface area contributed by atoms with Gasteiger partial charge in [-0.25, -0.2) is 0 Å². The molecule has 100 valence electrons. The van der Waals surface area contributed by atoms with Gasteiger partial charge in [0.05, 0.1) is 6.10 Å². The fourth-order valence-electron chi connectivity index (χ4n) is 1.24. The van der Waals surface area contributed by atoms with Gasteiger partial charge in [-0.2, -0.15) is 0 Å². The molecular formula is C12H24N2O3. The first-order valence-corrected chi connectivity index (χ1v) is 5.85. The summed E-state index contributed by atoms with van der Waals surface area (Å²) in [6, 6.07) is 0. The molecule has 0 saturated carbocycles. The Morgan fingerprint density at radius 2 is 1.88 bits per heavy atom. The maximum Gasteiger partial charge on any atom is 0.225 e. The molecule has 0 aromatic heterocycles. The van der Waals surface area contributed by atoms with E-state index in [2.05, 4.69) is 5.32 Å². The molecule has 1 unspecified atom stereocenters. The number of carbonyl (C=O) groups is 2. The molecule has 0 bridgehead atoms. The molecule has 5 nitrogen and oxygen atoms in total. The summed E-state index contributed by atoms with van der Waals surface area (Å²) in [5.41, 5.74) is -0.436. The Morgan fingerprint density at radius 3 is 2.29 bits per heavy atom. The second kappa shape index (κ2) is 6.59. The molecule has 0 aliphatic rings. The molecule has 2 amide bonds. The summed E-state index contributed by atoms with van der Waals surface area (Å²) >= 11 is 0. The van der Waals surface area contributed by atoms with Crippen LogP contribution in [-0.4, -0.2) is 48.1 Å². The molecule has 0 aromatic carbocycles. The van der Waals surface area contributed by atoms with Gasteiger partial charge in [0.15, 0.2) is 0 Å². The van der Waals surface area contributed by atoms with Crippen LogP contribution in [0.2, 0.25) is 0 Å². The van der Waals surface area contributed by atoms with Gasteiger partial charge in [0.2, 0.25) is 11.8 Å². The van der Waals surface area contributed by atoms with Crippen LogP contribution in [0.3, 0.4) is 0 Å². The Bertz CT molecular complexity index is 269. The average Bonchev–Trinajstić information content (AvgIpc) is 2.14. The summed E-state index contributed by atoms with van der Waals surface area (Å²) < 4.78 is 0. The van der Waals surface area contributed by atoms with E-state index in [1.54, 1.807) is 14.0 Å². The number of nitrogens with one attached hydrogen (secondary N) is 1. The highest BCUT2D eigenvalue weighted by Gasteiger charge is 2.21. The normalized spacial score (nSPS) is 13.1. The lowest BCUT2D eigenvalue weighted by Crippen LogP contribution is -2.38. The van der Waals surface area contributed by atoms with Crippen LogP contribution in [0.4, 0.5) is 0 Å². The van der Waals surface area contributed by atoms with Crippen LogP contribution in [0.15, 0.2) is 0 Å². The molecule has 0 saturated heterocycles. The van der Waals surface area contributed by atoms with Gasteiger partial charge in [0, 0.05) is 32.0 Å². The smallest absolute Gasteiger partial charge is 0.225 e. The highest BCUT2D eigenvalue weighted by Crippen LogP contribution is 2.12. The van der Waals surface area contributed by atoms with E-state index in [-0.39, 0.29) is 18.2 Å². The zero-order valence-electron chi connectivity index (χ0n) is 11.4. The zero-order chi connectivity index (χ0) is 13.6. The van der Waals surface area contributed by atoms with Crippen molar-refractivity contribution in [2.24, 2.45) is 5.41 Å². The second-order valence-electron chi connectivity index (χ2n) is 5.38. The van der Waals surface area contributed by atoms with Gasteiger partial charge in [0.1, 0.15) is 0 Å². The highest BCUT2D eigenvalue weighted by molar-refractivity contribution is 5.82. The van der Waals surface area contributed by atoms with E-state index in [1.165, 1.54) is 4.90 Å². The topological polar surface area (TPSA) is 69.6 Å². The van der Waals surface area contributed by atoms with E-state index >= 15 is 0 Å². The molecule has 0 rings (SSSR count). The fourth-order valence-corrected chi connectivity index (χ4v) is 1.24. The van der Waals surface area contributed by atoms with Crippen LogP contribution < -0.4 is 5.32 Å². The lowest BCUT2D eigenvalue weighted by molar-refractivity contribution is -0.131. The number of aliphatic hydroxyl groups excluding tert-OH is 1. The largest absolute Gasteiger partial charge is 0.392 e. The van der Waals surface area contributed by atoms with E-state index < -0.39 is 11.5 Å². The van der Waals surface area contributed by atoms with E-state index in [1.807, 2.05) is 20.8 Å². The number of carbonyl (C=O) groups excluding carboxylic acids is 2. The van der Waals surface area contributed by atoms with Gasteiger partial charge >= 0.3 is 0 Å². The number of nitrogens with zero attached hydrogens (tertiary/aromatic N) is 1. The Morgan fingerprint density at radius 1 is 1.35 bits per heavy atom. The summed E-state index contributed by atoms with van der Waals surface area (Å²) in [7, 11) is 1.64. The van der Waals surface area contributed by atoms with Crippen molar-refractivity contribution in [2.75, 3.05) is 20.1 Å². The van der Waals surface area contributed by atoms with Crippen molar-refractivity contribution >= 4 is 11.8 Å². The Kier molecular flexibility index (Phi) is 6.16. The minimum absolute atomic E-state index is 0.0662. The summed E-state index contributed by atoms with van der Waals surface area (Å²) in [5, 5.41) is 11.8. The molecule has 0 heterocycles. The highest BCUT2D eigenvalue weighted by atomic mass is 16.3. The molecular weight excluding hydrogens is 220 g/mol. The van der Waals surface area contributed by atoms with Crippen LogP contribution in [-0.2, 0) is 9.59 Å². The van der Waals surface area contributed by atoms with E-state index in [9.17, 15) is 9.59 Å². The molecule has 0 aliphatic heterocycles. The van der Waals surface area contributed by atoms with Gasteiger partial charge in [-0.3, -0.25) is 9.59 Å². The molecule has 17 heavy (non-hydrogen) atoms. The monoisotopic (exact) mass is 244 g/mol. The minimum atomic E-state index is -0.534. The SMILES string of the molecule is CC(O)CN(C)C(=O)CCNC(=O)C(C)(C)C. The van der Waals surface area contributed by atoms with Gasteiger partial charge in [-0.1, -0.05) is 20.8 Å². The van der Waals surface area contributed by atoms with Gasteiger partial charge in [0.25, 0.3) is 0 Å². The molecule has 0 spiro atoms. The van der Waals surface area contributed by atoms with Gasteiger partial charge < -0.3 is 15.3 Å². The number of hydrogen-bond donors (Lipinski definition) is 2. The lowest BCUT2D eigenvalue weighted by Gasteiger charge is -2.20. The Hall–Kier alpha value is -1.10. The first-order valence-electron chi connectivity index (χ1n) is 5.85. The van der Waals surface area contributed by atoms with Crippen molar-refractivity contribution < 1.29 is 14.7 Å². The number of rotatable bonds is 5. The summed E-state index contributed by atoms with van der Waals surface area (Å²) in [6.45, 7) is 7.74. The summed E-state index contributed by atoms with van der Waals surface area (Å²) in [4.78, 5) is 24.6. The number of aliphatic hydroxyl groups is 1. The first-order chi connectivity index (χ1) is 7.64. The minimum Gasteiger partial charge on any atom is -0.392 e. The third-order valence-corrected chi connectivity index (χ3v) is 2.27. The van der Waals surface area contributed by atoms with Crippen LogP contribution in [0, 0.1) is 5.41 Å². The fraction of sp³-hybridized carbons (Fsp3) is 0.833. The quantitative estimate of drug-likeness (QED) is 0.734. The van der Waals surface area contributed by atoms with Gasteiger partial charge in [-0.15, -0.1) is 0 Å². The number of likely N-dealkylation sites (N-methyl/N-ethyl adjacent to an activating group) is 1. The third kappa shape index (κ3) is 6.94. The van der Waals surface area contributed by atoms with E-state index in [4.69, 9.17) is 5.11 Å². The molecule has 0 fully saturated rings. The predicted molar refractivity (Wildman–Crippen MR) is 66.4 cm³/mol. The standard InChI is InChI=1S/C12H24N2O3/c1-9(15)8-14(5)10(16)6-7-13-11(17)12(2,3)4/h9,15H,6-8H2,1-5H3,(H,13,17). The van der Waals surface area contributed by atoms with Crippen molar-refractivity contribution in [3.63, 3.8) is 0 Å². The van der Waals surface area contributed by atoms with Crippen molar-refractivity contribution in [1.82, 2.24) is 10.2 Å². The van der Waals surface area contributed by atoms with Crippen molar-refractivity contribution in [3.05, 3.63) is 0 Å². The summed E-state index contributed by atoms with van der Waals surface area (Å²) in [5.74, 6) is -0.149. The average molecular weight is 244 g/mol. The van der Waals surface area contributed by atoms with Crippen LogP contribution in [0.25, 0.3) is 0 Å². The van der Waals surface area contributed by atoms with Crippen molar-refractivity contribution in [2.45, 2.75) is 40.2 Å². The number of amides is 2. The summed E-state index contributed by atoms with van der Waals surface area (Å²) in [6.07, 6.45) is -0.279. The maximum atomic E-state index is 11.6. The zero-order valence-corrected chi connectivity index (χ0v) is 11.4. The molecule has 1 atom stereocenters. The molecule has 0 radical (unpaired) electrons. The molecule has 5 heteroatoms. The van der Waals surface area contributed by atoms with E-state index in [0.717, 1.165) is 0 Å². The van der Waals surface area contributed by atoms with Gasteiger partial charge in [-0.05, 0) is 6.92 Å². The lowest BCUT2D eigenvalue weighted by atomic mass is 9.96. The molecule has 0 aromatic rings. The van der Waals surface area contributed by atoms with Crippen LogP contribution >= 0.6 is 0 Å². The third-order valence-electron chi connectivity index (χ3n) is 2.27. The molecule has 0 aliphatic carbocycles. The molecule has 2 N–H and O–H groups in total. The van der Waals surface area contributed by atoms with Crippen LogP contribution in [0.1, 0.15) is 34.1 Å². The maximum absolute atomic E-state index is 11.6. The van der Waals surface area contributed by atoms with Crippen molar-refractivity contribution in [1.29, 1.82) is 0 Å². The predicted octanol–water partition coefficient (Wildman–Crippen LogP) is 0.378. The van der Waals surface area contributed by atoms with E-state index in [0.29, 0.717) is 13.1 Å². The number of hydrogen-bond acceptors (Lipinski definition) is 3. The van der Waals surface area contributed by atoms with Crippen molar-refractivity contribution in [3.8, 4) is 0 Å².